The molecule has 1 unspecified atom stereocenters. The van der Waals surface area contributed by atoms with E-state index in [-0.39, 0.29) is 23.5 Å². The molecule has 1 aliphatic heterocycles. The van der Waals surface area contributed by atoms with E-state index in [1.165, 1.54) is 17.8 Å². The minimum absolute atomic E-state index is 0.0359. The number of thioether (sulfide) groups is 1. The molecule has 1 aromatic carbocycles. The van der Waals surface area contributed by atoms with Gasteiger partial charge in [0.25, 0.3) is 5.69 Å². The molecule has 102 valence electrons. The van der Waals surface area contributed by atoms with Crippen LogP contribution in [0.1, 0.15) is 18.9 Å². The quantitative estimate of drug-likeness (QED) is 0.500. The van der Waals surface area contributed by atoms with Gasteiger partial charge < -0.3 is 10.4 Å². The highest BCUT2D eigenvalue weighted by atomic mass is 32.2. The Hall–Kier alpha value is -1.60. The summed E-state index contributed by atoms with van der Waals surface area (Å²) in [6.07, 6.45) is 0.977. The molecule has 0 aliphatic carbocycles. The third kappa shape index (κ3) is 3.05. The molecule has 0 bridgehead atoms. The SMILES string of the molecule is CC(CO)Sc1cc2c(cc1[N+](=O)[O-])NC(=O)CC2. The number of aliphatic hydroxyl groups excluding tert-OH is 1. The molecule has 2 N–H and O–H groups in total. The number of carbonyl (C=O) groups excluding carboxylic acids is 1. The Morgan fingerprint density at radius 1 is 1.53 bits per heavy atom. The third-order valence-electron chi connectivity index (χ3n) is 2.86. The van der Waals surface area contributed by atoms with E-state index >= 15 is 0 Å². The van der Waals surface area contributed by atoms with Crippen LogP contribution >= 0.6 is 11.8 Å². The van der Waals surface area contributed by atoms with Crippen molar-refractivity contribution in [1.82, 2.24) is 0 Å². The van der Waals surface area contributed by atoms with Crippen LogP contribution in [0, 0.1) is 10.1 Å². The van der Waals surface area contributed by atoms with Crippen molar-refractivity contribution in [2.45, 2.75) is 29.9 Å². The average molecular weight is 282 g/mol. The van der Waals surface area contributed by atoms with Crippen LogP contribution < -0.4 is 5.32 Å². The highest BCUT2D eigenvalue weighted by molar-refractivity contribution is 8.00. The summed E-state index contributed by atoms with van der Waals surface area (Å²) in [7, 11) is 0. The first-order chi connectivity index (χ1) is 9.01. The van der Waals surface area contributed by atoms with Crippen molar-refractivity contribution >= 4 is 29.0 Å². The molecule has 0 aromatic heterocycles. The Labute approximate surface area is 114 Å². The Morgan fingerprint density at radius 3 is 2.89 bits per heavy atom. The lowest BCUT2D eigenvalue weighted by molar-refractivity contribution is -0.387. The number of nitrogens with one attached hydrogen (secondary N) is 1. The van der Waals surface area contributed by atoms with E-state index in [9.17, 15) is 14.9 Å². The van der Waals surface area contributed by atoms with Gasteiger partial charge in [-0.05, 0) is 18.1 Å². The molecule has 1 amide bonds. The molecule has 6 nitrogen and oxygen atoms in total. The number of hydrogen-bond donors (Lipinski definition) is 2. The molecule has 1 aromatic rings. The summed E-state index contributed by atoms with van der Waals surface area (Å²) >= 11 is 1.27. The van der Waals surface area contributed by atoms with Crippen molar-refractivity contribution < 1.29 is 14.8 Å². The van der Waals surface area contributed by atoms with Gasteiger partial charge in [0.2, 0.25) is 5.91 Å². The minimum atomic E-state index is -0.465. The van der Waals surface area contributed by atoms with Gasteiger partial charge in [-0.15, -0.1) is 11.8 Å². The molecule has 0 radical (unpaired) electrons. The number of aryl methyl sites for hydroxylation is 1. The second-order valence-electron chi connectivity index (χ2n) is 4.39. The van der Waals surface area contributed by atoms with Crippen molar-refractivity contribution in [2.75, 3.05) is 11.9 Å². The number of benzene rings is 1. The van der Waals surface area contributed by atoms with Crippen molar-refractivity contribution in [3.05, 3.63) is 27.8 Å². The molecule has 19 heavy (non-hydrogen) atoms. The van der Waals surface area contributed by atoms with Gasteiger partial charge in [0.05, 0.1) is 22.1 Å². The van der Waals surface area contributed by atoms with Crippen LogP contribution in [0.2, 0.25) is 0 Å². The number of rotatable bonds is 4. The lowest BCUT2D eigenvalue weighted by Gasteiger charge is -2.18. The van der Waals surface area contributed by atoms with E-state index in [2.05, 4.69) is 5.32 Å². The molecule has 7 heteroatoms. The zero-order chi connectivity index (χ0) is 14.0. The van der Waals surface area contributed by atoms with Crippen molar-refractivity contribution in [3.63, 3.8) is 0 Å². The summed E-state index contributed by atoms with van der Waals surface area (Å²) in [4.78, 5) is 22.4. The Bertz CT molecular complexity index is 533. The summed E-state index contributed by atoms with van der Waals surface area (Å²) < 4.78 is 0. The Kier molecular flexibility index (Phi) is 4.06. The fraction of sp³-hybridized carbons (Fsp3) is 0.417. The summed E-state index contributed by atoms with van der Waals surface area (Å²) in [6.45, 7) is 1.76. The zero-order valence-electron chi connectivity index (χ0n) is 10.4. The summed E-state index contributed by atoms with van der Waals surface area (Å²) in [5, 5.41) is 22.7. The van der Waals surface area contributed by atoms with Gasteiger partial charge in [0.1, 0.15) is 0 Å². The number of aliphatic hydroxyl groups is 1. The van der Waals surface area contributed by atoms with E-state index < -0.39 is 4.92 Å². The van der Waals surface area contributed by atoms with Crippen LogP contribution in [0.5, 0.6) is 0 Å². The van der Waals surface area contributed by atoms with Gasteiger partial charge in [-0.1, -0.05) is 6.92 Å². The second kappa shape index (κ2) is 5.58. The van der Waals surface area contributed by atoms with Crippen LogP contribution in [-0.4, -0.2) is 27.8 Å². The second-order valence-corrected chi connectivity index (χ2v) is 5.87. The van der Waals surface area contributed by atoms with Gasteiger partial charge in [-0.25, -0.2) is 0 Å². The van der Waals surface area contributed by atoms with E-state index in [0.717, 1.165) is 5.56 Å². The summed E-state index contributed by atoms with van der Waals surface area (Å²) in [6, 6.07) is 3.14. The first-order valence-corrected chi connectivity index (χ1v) is 6.78. The van der Waals surface area contributed by atoms with Gasteiger partial charge in [-0.3, -0.25) is 14.9 Å². The predicted octanol–water partition coefficient (Wildman–Crippen LogP) is 1.95. The first-order valence-electron chi connectivity index (χ1n) is 5.90. The lowest BCUT2D eigenvalue weighted by Crippen LogP contribution is -2.19. The van der Waals surface area contributed by atoms with Crippen molar-refractivity contribution in [3.8, 4) is 0 Å². The maximum Gasteiger partial charge on any atom is 0.284 e. The molecule has 0 fully saturated rings. The van der Waals surface area contributed by atoms with Gasteiger partial charge in [-0.2, -0.15) is 0 Å². The maximum atomic E-state index is 11.3. The molecule has 0 spiro atoms. The highest BCUT2D eigenvalue weighted by Crippen LogP contribution is 2.37. The monoisotopic (exact) mass is 282 g/mol. The van der Waals surface area contributed by atoms with Crippen LogP contribution in [0.4, 0.5) is 11.4 Å². The fourth-order valence-electron chi connectivity index (χ4n) is 1.89. The van der Waals surface area contributed by atoms with Gasteiger partial charge >= 0.3 is 0 Å². The minimum Gasteiger partial charge on any atom is -0.395 e. The molecule has 1 atom stereocenters. The normalized spacial score (nSPS) is 15.6. The summed E-state index contributed by atoms with van der Waals surface area (Å²) in [5.74, 6) is -0.120. The average Bonchev–Trinajstić information content (AvgIpc) is 2.37. The van der Waals surface area contributed by atoms with Crippen LogP contribution in [0.15, 0.2) is 17.0 Å². The summed E-state index contributed by atoms with van der Waals surface area (Å²) in [5.41, 5.74) is 1.38. The largest absolute Gasteiger partial charge is 0.395 e. The first kappa shape index (κ1) is 13.8. The molecule has 1 aliphatic rings. The molecule has 0 saturated heterocycles. The topological polar surface area (TPSA) is 92.5 Å². The van der Waals surface area contributed by atoms with Crippen LogP contribution in [0.25, 0.3) is 0 Å². The number of hydrogen-bond acceptors (Lipinski definition) is 5. The van der Waals surface area contributed by atoms with E-state index in [1.807, 2.05) is 0 Å². The van der Waals surface area contributed by atoms with E-state index in [1.54, 1.807) is 13.0 Å². The molecular formula is C12H14N2O4S. The lowest BCUT2D eigenvalue weighted by atomic mass is 10.0. The standard InChI is InChI=1S/C12H14N2O4S/c1-7(6-15)19-11-4-8-2-3-12(16)13-9(8)5-10(11)14(17)18/h4-5,7,15H,2-3,6H2,1H3,(H,13,16). The van der Waals surface area contributed by atoms with Gasteiger partial charge in [0, 0.05) is 17.7 Å². The number of nitrogens with zero attached hydrogens (tertiary/aromatic N) is 1. The van der Waals surface area contributed by atoms with E-state index in [4.69, 9.17) is 5.11 Å². The smallest absolute Gasteiger partial charge is 0.284 e. The fourth-order valence-corrected chi connectivity index (χ4v) is 2.86. The molecular weight excluding hydrogens is 268 g/mol. The highest BCUT2D eigenvalue weighted by Gasteiger charge is 2.23. The predicted molar refractivity (Wildman–Crippen MR) is 72.5 cm³/mol. The Balaban J connectivity index is 2.41. The van der Waals surface area contributed by atoms with Crippen LogP contribution in [-0.2, 0) is 11.2 Å². The number of anilines is 1. The molecule has 0 saturated carbocycles. The zero-order valence-corrected chi connectivity index (χ0v) is 11.2. The number of nitro groups is 1. The van der Waals surface area contributed by atoms with E-state index in [0.29, 0.717) is 23.4 Å². The number of fused-ring (bicyclic) bond motifs is 1. The third-order valence-corrected chi connectivity index (χ3v) is 3.99. The molecule has 1 heterocycles. The van der Waals surface area contributed by atoms with Crippen LogP contribution in [0.3, 0.4) is 0 Å². The van der Waals surface area contributed by atoms with Crippen molar-refractivity contribution in [2.24, 2.45) is 0 Å². The molecule has 2 rings (SSSR count). The van der Waals surface area contributed by atoms with Gasteiger partial charge in [0.15, 0.2) is 0 Å². The number of nitro benzene ring substituents is 1. The number of amides is 1. The van der Waals surface area contributed by atoms with Crippen molar-refractivity contribution in [1.29, 1.82) is 0 Å². The maximum absolute atomic E-state index is 11.3. The number of carbonyl (C=O) groups is 1. The Morgan fingerprint density at radius 2 is 2.26 bits per heavy atom.